The quantitative estimate of drug-likeness (QED) is 0.216. The summed E-state index contributed by atoms with van der Waals surface area (Å²) >= 11 is 4.09. The molecule has 58 valence electrons. The second-order valence-corrected chi connectivity index (χ2v) is 2.70. The summed E-state index contributed by atoms with van der Waals surface area (Å²) in [7, 11) is 0. The number of nitrogen functional groups attached to an aromatic ring is 2. The minimum Gasteiger partial charge on any atom is -0.398 e. The summed E-state index contributed by atoms with van der Waals surface area (Å²) in [5.41, 5.74) is 11.8. The molecule has 0 aliphatic rings. The first-order valence-electron chi connectivity index (χ1n) is 3.04. The molecule has 1 aromatic carbocycles. The van der Waals surface area contributed by atoms with Crippen LogP contribution in [0.2, 0.25) is 0 Å². The number of thiol groups is 1. The van der Waals surface area contributed by atoms with Crippen LogP contribution < -0.4 is 11.5 Å². The predicted octanol–water partition coefficient (Wildman–Crippen LogP) is 0.842. The number of rotatable bonds is 1. The lowest BCUT2D eigenvalue weighted by Crippen LogP contribution is -2.13. The third-order valence-electron chi connectivity index (χ3n) is 1.33. The minimum atomic E-state index is -0.0293. The molecule has 3 nitrogen and oxygen atoms in total. The van der Waals surface area contributed by atoms with Crippen LogP contribution in [0.25, 0.3) is 0 Å². The van der Waals surface area contributed by atoms with Gasteiger partial charge >= 0.3 is 0 Å². The van der Waals surface area contributed by atoms with Crippen LogP contribution in [0.15, 0.2) is 23.1 Å². The highest BCUT2D eigenvalue weighted by Gasteiger charge is 2.01. The fraction of sp³-hybridized carbons (Fsp3) is 0. The van der Waals surface area contributed by atoms with Crippen molar-refractivity contribution >= 4 is 24.2 Å². The molecule has 0 atom stereocenters. The van der Waals surface area contributed by atoms with E-state index < -0.39 is 0 Å². The number of benzene rings is 1. The maximum Gasteiger partial charge on any atom is 0.124 e. The summed E-state index contributed by atoms with van der Waals surface area (Å²) < 4.78 is 0. The van der Waals surface area contributed by atoms with Gasteiger partial charge in [0.15, 0.2) is 0 Å². The van der Waals surface area contributed by atoms with Crippen molar-refractivity contribution in [3.05, 3.63) is 23.8 Å². The number of hydrogen-bond donors (Lipinski definition) is 4. The van der Waals surface area contributed by atoms with E-state index in [4.69, 9.17) is 16.9 Å². The molecule has 1 rings (SSSR count). The summed E-state index contributed by atoms with van der Waals surface area (Å²) in [5.74, 6) is -0.0293. The van der Waals surface area contributed by atoms with Crippen LogP contribution >= 0.6 is 12.6 Å². The first-order chi connectivity index (χ1) is 5.11. The van der Waals surface area contributed by atoms with E-state index in [1.54, 1.807) is 18.2 Å². The van der Waals surface area contributed by atoms with Crippen molar-refractivity contribution in [1.82, 2.24) is 0 Å². The fourth-order valence-electron chi connectivity index (χ4n) is 0.778. The van der Waals surface area contributed by atoms with Gasteiger partial charge in [-0.25, -0.2) is 0 Å². The molecule has 4 heteroatoms. The van der Waals surface area contributed by atoms with Gasteiger partial charge in [0.05, 0.1) is 0 Å². The van der Waals surface area contributed by atoms with Gasteiger partial charge in [0, 0.05) is 16.1 Å². The fourth-order valence-corrected chi connectivity index (χ4v) is 0.981. The Labute approximate surface area is 70.3 Å². The topological polar surface area (TPSA) is 75.9 Å². The van der Waals surface area contributed by atoms with Crippen molar-refractivity contribution in [3.63, 3.8) is 0 Å². The Bertz CT molecular complexity index is 296. The van der Waals surface area contributed by atoms with Crippen LogP contribution in [0.1, 0.15) is 5.56 Å². The molecular weight excluding hydrogens is 158 g/mol. The molecule has 0 aromatic heterocycles. The van der Waals surface area contributed by atoms with E-state index in [1.807, 2.05) is 0 Å². The van der Waals surface area contributed by atoms with Crippen LogP contribution in [0, 0.1) is 5.41 Å². The van der Waals surface area contributed by atoms with Crippen molar-refractivity contribution in [1.29, 1.82) is 5.41 Å². The smallest absolute Gasteiger partial charge is 0.124 e. The molecule has 0 spiro atoms. The maximum atomic E-state index is 7.14. The van der Waals surface area contributed by atoms with Crippen molar-refractivity contribution < 1.29 is 0 Å². The molecule has 0 radical (unpaired) electrons. The zero-order valence-corrected chi connectivity index (χ0v) is 6.73. The van der Waals surface area contributed by atoms with E-state index in [1.165, 1.54) is 0 Å². The molecule has 0 heterocycles. The van der Waals surface area contributed by atoms with Gasteiger partial charge in [-0.1, -0.05) is 0 Å². The SMILES string of the molecule is N=C(N)c1cc(S)ccc1N. The second-order valence-electron chi connectivity index (χ2n) is 2.19. The van der Waals surface area contributed by atoms with Gasteiger partial charge in [0.1, 0.15) is 5.84 Å². The first-order valence-corrected chi connectivity index (χ1v) is 3.49. The Balaban J connectivity index is 3.23. The van der Waals surface area contributed by atoms with E-state index in [9.17, 15) is 0 Å². The molecule has 5 N–H and O–H groups in total. The van der Waals surface area contributed by atoms with E-state index in [0.717, 1.165) is 4.90 Å². The molecular formula is C7H9N3S. The van der Waals surface area contributed by atoms with Crippen LogP contribution in [0.4, 0.5) is 5.69 Å². The molecule has 1 aromatic rings. The Kier molecular flexibility index (Phi) is 2.05. The summed E-state index contributed by atoms with van der Waals surface area (Å²) in [6.07, 6.45) is 0. The maximum absolute atomic E-state index is 7.14. The number of hydrogen-bond acceptors (Lipinski definition) is 3. The molecule has 0 fully saturated rings. The normalized spacial score (nSPS) is 9.55. The van der Waals surface area contributed by atoms with Crippen molar-refractivity contribution in [3.8, 4) is 0 Å². The van der Waals surface area contributed by atoms with Gasteiger partial charge in [-0.3, -0.25) is 5.41 Å². The lowest BCUT2D eigenvalue weighted by atomic mass is 10.2. The monoisotopic (exact) mass is 167 g/mol. The minimum absolute atomic E-state index is 0.0293. The summed E-state index contributed by atoms with van der Waals surface area (Å²) in [5, 5.41) is 7.14. The third-order valence-corrected chi connectivity index (χ3v) is 1.61. The largest absolute Gasteiger partial charge is 0.398 e. The highest BCUT2D eigenvalue weighted by molar-refractivity contribution is 7.80. The van der Waals surface area contributed by atoms with E-state index in [-0.39, 0.29) is 5.84 Å². The van der Waals surface area contributed by atoms with Gasteiger partial charge in [0.2, 0.25) is 0 Å². The van der Waals surface area contributed by atoms with E-state index in [0.29, 0.717) is 11.3 Å². The average molecular weight is 167 g/mol. The molecule has 0 saturated carbocycles. The van der Waals surface area contributed by atoms with Crippen molar-refractivity contribution in [2.45, 2.75) is 4.90 Å². The van der Waals surface area contributed by atoms with Gasteiger partial charge in [-0.2, -0.15) is 0 Å². The lowest BCUT2D eigenvalue weighted by Gasteiger charge is -2.02. The van der Waals surface area contributed by atoms with Crippen molar-refractivity contribution in [2.24, 2.45) is 5.73 Å². The van der Waals surface area contributed by atoms with Gasteiger partial charge in [0.25, 0.3) is 0 Å². The zero-order chi connectivity index (χ0) is 8.43. The standard InChI is InChI=1S/C7H9N3S/c8-6-2-1-4(11)3-5(6)7(9)10/h1-3,11H,8H2,(H3,9,10). The van der Waals surface area contributed by atoms with Gasteiger partial charge < -0.3 is 11.5 Å². The zero-order valence-electron chi connectivity index (χ0n) is 5.83. The number of nitrogens with one attached hydrogen (secondary N) is 1. The molecule has 0 aliphatic heterocycles. The molecule has 0 aliphatic carbocycles. The van der Waals surface area contributed by atoms with E-state index in [2.05, 4.69) is 12.6 Å². The third kappa shape index (κ3) is 1.65. The molecule has 0 bridgehead atoms. The first kappa shape index (κ1) is 7.94. The average Bonchev–Trinajstić information content (AvgIpc) is 1.94. The summed E-state index contributed by atoms with van der Waals surface area (Å²) in [6, 6.07) is 5.10. The Morgan fingerprint density at radius 2 is 2.09 bits per heavy atom. The Hall–Kier alpha value is -1.16. The second kappa shape index (κ2) is 2.84. The Morgan fingerprint density at radius 1 is 1.45 bits per heavy atom. The summed E-state index contributed by atoms with van der Waals surface area (Å²) in [6.45, 7) is 0. The van der Waals surface area contributed by atoms with Crippen LogP contribution in [0.3, 0.4) is 0 Å². The lowest BCUT2D eigenvalue weighted by molar-refractivity contribution is 1.38. The van der Waals surface area contributed by atoms with Crippen LogP contribution in [-0.4, -0.2) is 5.84 Å². The van der Waals surface area contributed by atoms with Crippen LogP contribution in [-0.2, 0) is 0 Å². The highest BCUT2D eigenvalue weighted by atomic mass is 32.1. The number of anilines is 1. The van der Waals surface area contributed by atoms with Gasteiger partial charge in [-0.05, 0) is 18.2 Å². The molecule has 0 saturated heterocycles. The number of amidine groups is 1. The predicted molar refractivity (Wildman–Crippen MR) is 49.1 cm³/mol. The molecule has 0 amide bonds. The van der Waals surface area contributed by atoms with Crippen LogP contribution in [0.5, 0.6) is 0 Å². The summed E-state index contributed by atoms with van der Waals surface area (Å²) in [4.78, 5) is 0.754. The highest BCUT2D eigenvalue weighted by Crippen LogP contribution is 2.15. The molecule has 11 heavy (non-hydrogen) atoms. The van der Waals surface area contributed by atoms with Crippen molar-refractivity contribution in [2.75, 3.05) is 5.73 Å². The van der Waals surface area contributed by atoms with E-state index >= 15 is 0 Å². The Morgan fingerprint density at radius 3 is 2.55 bits per heavy atom. The number of nitrogens with two attached hydrogens (primary N) is 2. The molecule has 0 unspecified atom stereocenters. The van der Waals surface area contributed by atoms with Gasteiger partial charge in [-0.15, -0.1) is 12.6 Å².